The fourth-order valence-electron chi connectivity index (χ4n) is 2.73. The maximum Gasteiger partial charge on any atom is 0.259 e. The summed E-state index contributed by atoms with van der Waals surface area (Å²) in [5, 5.41) is 19.2. The Morgan fingerprint density at radius 3 is 2.70 bits per heavy atom. The van der Waals surface area contributed by atoms with Crippen LogP contribution in [-0.2, 0) is 0 Å². The Bertz CT molecular complexity index is 1010. The molecule has 138 valence electrons. The molecule has 1 saturated carbocycles. The summed E-state index contributed by atoms with van der Waals surface area (Å²) in [7, 11) is 0. The average molecular weight is 388 g/mol. The number of nitrogens with zero attached hydrogens (tertiary/aromatic N) is 3. The molecule has 1 fully saturated rings. The van der Waals surface area contributed by atoms with Crippen molar-refractivity contribution >= 4 is 23.2 Å². The van der Waals surface area contributed by atoms with Crippen molar-refractivity contribution in [3.63, 3.8) is 0 Å². The summed E-state index contributed by atoms with van der Waals surface area (Å²) >= 11 is 5.88. The number of H-pyrrole nitrogens is 1. The molecule has 4 rings (SSSR count). The predicted octanol–water partition coefficient (Wildman–Crippen LogP) is 3.80. The van der Waals surface area contributed by atoms with Crippen LogP contribution in [0.1, 0.15) is 40.5 Å². The van der Waals surface area contributed by atoms with Gasteiger partial charge in [-0.25, -0.2) is 4.39 Å². The Labute approximate surface area is 158 Å². The highest BCUT2D eigenvalue weighted by Gasteiger charge is 2.25. The molecule has 27 heavy (non-hydrogen) atoms. The second-order valence-corrected chi connectivity index (χ2v) is 6.78. The summed E-state index contributed by atoms with van der Waals surface area (Å²) in [5.41, 5.74) is 1.81. The summed E-state index contributed by atoms with van der Waals surface area (Å²) in [6.07, 6.45) is 5.27. The van der Waals surface area contributed by atoms with Crippen molar-refractivity contribution in [3.05, 3.63) is 52.4 Å². The van der Waals surface area contributed by atoms with E-state index in [9.17, 15) is 14.3 Å². The Morgan fingerprint density at radius 1 is 1.33 bits per heavy atom. The number of aromatic nitrogens is 4. The quantitative estimate of drug-likeness (QED) is 0.631. The third kappa shape index (κ3) is 3.35. The molecule has 1 amide bonds. The van der Waals surface area contributed by atoms with Crippen molar-refractivity contribution in [1.29, 1.82) is 0 Å². The molecule has 0 saturated heterocycles. The van der Waals surface area contributed by atoms with E-state index in [0.29, 0.717) is 11.6 Å². The zero-order valence-corrected chi connectivity index (χ0v) is 15.0. The van der Waals surface area contributed by atoms with Crippen LogP contribution < -0.4 is 5.32 Å². The lowest BCUT2D eigenvalue weighted by Gasteiger charge is -2.10. The first kappa shape index (κ1) is 17.4. The standard InChI is InChI=1S/C18H15ClFN5O2/c1-8-16(17(19)25-24-8)23-18(27)11-4-12(20)10(5-15(11)26)14-7-21-13(6-22-14)9-2-3-9/h4-7,9,26H,2-3H2,1H3,(H,23,27)(H,24,25). The monoisotopic (exact) mass is 387 g/mol. The number of aryl methyl sites for hydroxylation is 1. The van der Waals surface area contributed by atoms with Gasteiger partial charge >= 0.3 is 0 Å². The van der Waals surface area contributed by atoms with Crippen LogP contribution in [0.5, 0.6) is 5.75 Å². The van der Waals surface area contributed by atoms with Gasteiger partial charge in [0.15, 0.2) is 5.15 Å². The highest BCUT2D eigenvalue weighted by molar-refractivity contribution is 6.33. The lowest BCUT2D eigenvalue weighted by atomic mass is 10.1. The number of carbonyl (C=O) groups excluding carboxylic acids is 1. The molecule has 7 nitrogen and oxygen atoms in total. The van der Waals surface area contributed by atoms with Crippen LogP contribution in [0.3, 0.4) is 0 Å². The molecule has 0 spiro atoms. The highest BCUT2D eigenvalue weighted by atomic mass is 35.5. The predicted molar refractivity (Wildman–Crippen MR) is 97.4 cm³/mol. The minimum atomic E-state index is -0.709. The molecule has 1 aliphatic rings. The number of phenols is 1. The number of carbonyl (C=O) groups is 1. The molecular formula is C18H15ClFN5O2. The molecule has 3 aromatic rings. The zero-order chi connectivity index (χ0) is 19.1. The first-order chi connectivity index (χ1) is 12.9. The van der Waals surface area contributed by atoms with Gasteiger partial charge in [-0.05, 0) is 31.9 Å². The van der Waals surface area contributed by atoms with E-state index in [1.54, 1.807) is 13.1 Å². The van der Waals surface area contributed by atoms with Crippen molar-refractivity contribution in [3.8, 4) is 17.0 Å². The average Bonchev–Trinajstić information content (AvgIpc) is 3.46. The fraction of sp³-hybridized carbons (Fsp3) is 0.222. The molecule has 1 aromatic carbocycles. The van der Waals surface area contributed by atoms with Crippen molar-refractivity contribution < 1.29 is 14.3 Å². The Morgan fingerprint density at radius 2 is 2.11 bits per heavy atom. The number of nitrogens with one attached hydrogen (secondary N) is 2. The summed E-state index contributed by atoms with van der Waals surface area (Å²) in [5.74, 6) is -1.34. The summed E-state index contributed by atoms with van der Waals surface area (Å²) in [6, 6.07) is 2.12. The maximum absolute atomic E-state index is 14.6. The van der Waals surface area contributed by atoms with Gasteiger partial charge in [0.2, 0.25) is 0 Å². The minimum absolute atomic E-state index is 0.0661. The van der Waals surface area contributed by atoms with Crippen molar-refractivity contribution in [2.24, 2.45) is 0 Å². The second kappa shape index (κ2) is 6.62. The van der Waals surface area contributed by atoms with Crippen LogP contribution in [0.15, 0.2) is 24.5 Å². The van der Waals surface area contributed by atoms with Crippen LogP contribution in [0, 0.1) is 12.7 Å². The number of halogens is 2. The van der Waals surface area contributed by atoms with Crippen LogP contribution in [-0.4, -0.2) is 31.2 Å². The first-order valence-electron chi connectivity index (χ1n) is 8.30. The van der Waals surface area contributed by atoms with E-state index in [1.165, 1.54) is 6.20 Å². The Hall–Kier alpha value is -3.00. The largest absolute Gasteiger partial charge is 0.507 e. The molecule has 0 atom stereocenters. The van der Waals surface area contributed by atoms with Crippen LogP contribution in [0.4, 0.5) is 10.1 Å². The Balaban J connectivity index is 1.62. The third-order valence-electron chi connectivity index (χ3n) is 4.41. The van der Waals surface area contributed by atoms with Gasteiger partial charge in [-0.3, -0.25) is 19.9 Å². The van der Waals surface area contributed by atoms with Crippen LogP contribution in [0.25, 0.3) is 11.3 Å². The van der Waals surface area contributed by atoms with Gasteiger partial charge in [-0.2, -0.15) is 5.10 Å². The number of hydrogen-bond donors (Lipinski definition) is 3. The normalized spacial score (nSPS) is 13.6. The molecule has 0 aliphatic heterocycles. The molecule has 3 N–H and O–H groups in total. The molecule has 9 heteroatoms. The highest BCUT2D eigenvalue weighted by Crippen LogP contribution is 2.39. The van der Waals surface area contributed by atoms with E-state index < -0.39 is 11.7 Å². The molecule has 0 unspecified atom stereocenters. The number of hydrogen-bond acceptors (Lipinski definition) is 5. The van der Waals surface area contributed by atoms with Gasteiger partial charge in [-0.1, -0.05) is 11.6 Å². The number of aromatic amines is 1. The number of amides is 1. The number of benzene rings is 1. The van der Waals surface area contributed by atoms with Gasteiger partial charge in [0.25, 0.3) is 5.91 Å². The Kier molecular flexibility index (Phi) is 4.27. The molecule has 2 heterocycles. The van der Waals surface area contributed by atoms with Crippen molar-refractivity contribution in [2.75, 3.05) is 5.32 Å². The number of anilines is 1. The summed E-state index contributed by atoms with van der Waals surface area (Å²) in [4.78, 5) is 20.9. The molecule has 2 aromatic heterocycles. The van der Waals surface area contributed by atoms with E-state index in [-0.39, 0.29) is 33.4 Å². The zero-order valence-electron chi connectivity index (χ0n) is 14.3. The molecule has 0 radical (unpaired) electrons. The van der Waals surface area contributed by atoms with Crippen molar-refractivity contribution in [1.82, 2.24) is 20.2 Å². The topological polar surface area (TPSA) is 104 Å². The van der Waals surface area contributed by atoms with Gasteiger partial charge in [0, 0.05) is 17.7 Å². The van der Waals surface area contributed by atoms with Crippen molar-refractivity contribution in [2.45, 2.75) is 25.7 Å². The van der Waals surface area contributed by atoms with E-state index in [1.807, 2.05) is 0 Å². The smallest absolute Gasteiger partial charge is 0.259 e. The number of phenolic OH excluding ortho intramolecular Hbond substituents is 1. The van der Waals surface area contributed by atoms with Gasteiger partial charge in [0.1, 0.15) is 17.3 Å². The van der Waals surface area contributed by atoms with Gasteiger partial charge in [-0.15, -0.1) is 0 Å². The lowest BCUT2D eigenvalue weighted by molar-refractivity contribution is 0.102. The number of aromatic hydroxyl groups is 1. The summed E-state index contributed by atoms with van der Waals surface area (Å²) < 4.78 is 14.6. The molecule has 0 bridgehead atoms. The molecule has 1 aliphatic carbocycles. The van der Waals surface area contributed by atoms with Gasteiger partial charge in [0.05, 0.1) is 28.8 Å². The molecular weight excluding hydrogens is 373 g/mol. The lowest BCUT2D eigenvalue weighted by Crippen LogP contribution is -2.13. The first-order valence-corrected chi connectivity index (χ1v) is 8.68. The maximum atomic E-state index is 14.6. The minimum Gasteiger partial charge on any atom is -0.507 e. The van der Waals surface area contributed by atoms with Crippen LogP contribution in [0.2, 0.25) is 5.15 Å². The summed E-state index contributed by atoms with van der Waals surface area (Å²) in [6.45, 7) is 1.67. The van der Waals surface area contributed by atoms with E-state index in [4.69, 9.17) is 11.6 Å². The SMILES string of the molecule is Cc1[nH]nc(Cl)c1NC(=O)c1cc(F)c(-c2cnc(C3CC3)cn2)cc1O. The van der Waals surface area contributed by atoms with E-state index >= 15 is 0 Å². The second-order valence-electron chi connectivity index (χ2n) is 6.42. The van der Waals surface area contributed by atoms with E-state index in [0.717, 1.165) is 30.7 Å². The van der Waals surface area contributed by atoms with Crippen LogP contribution >= 0.6 is 11.6 Å². The van der Waals surface area contributed by atoms with E-state index in [2.05, 4.69) is 25.5 Å². The third-order valence-corrected chi connectivity index (χ3v) is 4.69. The fourth-order valence-corrected chi connectivity index (χ4v) is 2.96. The van der Waals surface area contributed by atoms with Gasteiger partial charge < -0.3 is 10.4 Å². The number of rotatable bonds is 4.